The topological polar surface area (TPSA) is 27.7 Å². The van der Waals surface area contributed by atoms with Crippen LogP contribution >= 0.6 is 0 Å². The summed E-state index contributed by atoms with van der Waals surface area (Å²) in [5.74, 6) is -0.652. The van der Waals surface area contributed by atoms with E-state index in [9.17, 15) is 0 Å². The van der Waals surface area contributed by atoms with Crippen molar-refractivity contribution in [1.82, 2.24) is 0 Å². The quantitative estimate of drug-likeness (QED) is 0.582. The van der Waals surface area contributed by atoms with Crippen molar-refractivity contribution in [3.63, 3.8) is 0 Å². The molecule has 1 fully saturated rings. The van der Waals surface area contributed by atoms with E-state index in [1.165, 1.54) is 6.42 Å². The molecule has 0 amide bonds. The molecule has 4 heteroatoms. The predicted molar refractivity (Wildman–Crippen MR) is 96.4 cm³/mol. The molecule has 22 heavy (non-hydrogen) atoms. The number of ether oxygens (including phenoxy) is 3. The van der Waals surface area contributed by atoms with Gasteiger partial charge >= 0.3 is 0 Å². The fraction of sp³-hybridized carbons (Fsp3) is 1.00. The molecule has 0 bridgehead atoms. The van der Waals surface area contributed by atoms with E-state index in [-0.39, 0.29) is 22.0 Å². The molecule has 0 N–H and O–H groups in total. The Morgan fingerprint density at radius 1 is 0.636 bits per heavy atom. The Labute approximate surface area is 140 Å². The molecule has 0 radical (unpaired) electrons. The van der Waals surface area contributed by atoms with Gasteiger partial charge < -0.3 is 14.2 Å². The lowest BCUT2D eigenvalue weighted by atomic mass is 9.87. The highest BCUT2D eigenvalue weighted by molar-refractivity contribution is 6.15. The second-order valence-electron chi connectivity index (χ2n) is 9.83. The van der Waals surface area contributed by atoms with Gasteiger partial charge in [-0.05, 0) is 75.2 Å². The van der Waals surface area contributed by atoms with Crippen molar-refractivity contribution in [3.05, 3.63) is 0 Å². The summed E-state index contributed by atoms with van der Waals surface area (Å²) in [5, 5.41) is -0.315. The van der Waals surface area contributed by atoms with E-state index in [1.807, 2.05) is 0 Å². The van der Waals surface area contributed by atoms with Gasteiger partial charge in [0.2, 0.25) is 0 Å². The molecule has 132 valence electrons. The first-order chi connectivity index (χ1) is 9.58. The summed E-state index contributed by atoms with van der Waals surface area (Å²) >= 11 is 0. The largest absolute Gasteiger partial charge is 0.368 e. The van der Waals surface area contributed by atoms with Gasteiger partial charge in [-0.15, -0.1) is 0 Å². The summed E-state index contributed by atoms with van der Waals surface area (Å²) in [7, 11) is 0.882. The molecule has 1 saturated carbocycles. The first kappa shape index (κ1) is 20.1. The van der Waals surface area contributed by atoms with Gasteiger partial charge in [-0.25, -0.2) is 0 Å². The Hall–Kier alpha value is 0.0969. The Balaban J connectivity index is 3.28. The van der Waals surface area contributed by atoms with E-state index < -0.39 is 5.79 Å². The number of hydrogen-bond donors (Lipinski definition) is 0. The van der Waals surface area contributed by atoms with Crippen LogP contribution in [0.2, 0.25) is 0 Å². The molecule has 0 saturated heterocycles. The Kier molecular flexibility index (Phi) is 5.67. The van der Waals surface area contributed by atoms with Crippen LogP contribution in [0.4, 0.5) is 0 Å². The third-order valence-corrected chi connectivity index (χ3v) is 5.15. The molecule has 0 spiro atoms. The van der Waals surface area contributed by atoms with Crippen molar-refractivity contribution in [2.24, 2.45) is 0 Å². The van der Waals surface area contributed by atoms with E-state index >= 15 is 0 Å². The van der Waals surface area contributed by atoms with E-state index in [4.69, 9.17) is 14.2 Å². The Bertz CT molecular complexity index is 357. The second kappa shape index (κ2) is 6.19. The zero-order chi connectivity index (χ0) is 17.4. The van der Waals surface area contributed by atoms with Crippen LogP contribution in [0.15, 0.2) is 0 Å². The monoisotopic (exact) mass is 330 g/mol. The number of hydrogen-bond acceptors (Lipinski definition) is 3. The highest BCUT2D eigenvalue weighted by Gasteiger charge is 2.57. The molecular weight excluding hydrogens is 292 g/mol. The van der Waals surface area contributed by atoms with Gasteiger partial charge in [0.25, 0.3) is 0 Å². The van der Waals surface area contributed by atoms with Crippen LogP contribution in [0, 0.1) is 0 Å². The first-order valence-electron chi connectivity index (χ1n) is 8.68. The lowest BCUT2D eigenvalue weighted by Gasteiger charge is -2.56. The van der Waals surface area contributed by atoms with Gasteiger partial charge in [0.15, 0.2) is 5.79 Å². The molecule has 0 heterocycles. The summed E-state index contributed by atoms with van der Waals surface area (Å²) in [5.41, 5.74) is -0.730. The van der Waals surface area contributed by atoms with Crippen molar-refractivity contribution in [2.75, 3.05) is 0 Å². The van der Waals surface area contributed by atoms with Crippen molar-refractivity contribution in [2.45, 2.75) is 116 Å². The highest BCUT2D eigenvalue weighted by Crippen LogP contribution is 2.47. The van der Waals surface area contributed by atoms with Crippen LogP contribution in [0.3, 0.4) is 0 Å². The van der Waals surface area contributed by atoms with E-state index in [0.717, 1.165) is 29.5 Å². The third kappa shape index (κ3) is 5.62. The van der Waals surface area contributed by atoms with Crippen molar-refractivity contribution < 1.29 is 14.2 Å². The molecule has 0 aromatic heterocycles. The maximum absolute atomic E-state index is 6.59. The normalized spacial score (nSPS) is 27.1. The van der Waals surface area contributed by atoms with E-state index in [1.54, 1.807) is 0 Å². The molecule has 1 atom stereocenters. The zero-order valence-electron chi connectivity index (χ0n) is 16.6. The van der Waals surface area contributed by atoms with Gasteiger partial charge in [0, 0.05) is 6.42 Å². The van der Waals surface area contributed by atoms with Crippen molar-refractivity contribution >= 4 is 10.2 Å². The van der Waals surface area contributed by atoms with Crippen LogP contribution in [0.5, 0.6) is 0 Å². The lowest BCUT2D eigenvalue weighted by Crippen LogP contribution is -2.66. The minimum Gasteiger partial charge on any atom is -0.368 e. The van der Waals surface area contributed by atoms with Crippen LogP contribution in [-0.2, 0) is 14.2 Å². The van der Waals surface area contributed by atoms with Crippen molar-refractivity contribution in [1.29, 1.82) is 0 Å². The second-order valence-corrected chi connectivity index (χ2v) is 11.4. The van der Waals surface area contributed by atoms with Gasteiger partial charge in [0.1, 0.15) is 5.22 Å². The predicted octanol–water partition coefficient (Wildman–Crippen LogP) is 3.76. The first-order valence-corrected chi connectivity index (χ1v) is 9.68. The maximum Gasteiger partial charge on any atom is 0.194 e. The van der Waals surface area contributed by atoms with Crippen molar-refractivity contribution in [3.8, 4) is 0 Å². The van der Waals surface area contributed by atoms with Gasteiger partial charge in [-0.1, -0.05) is 6.42 Å². The maximum atomic E-state index is 6.59. The summed E-state index contributed by atoms with van der Waals surface area (Å²) < 4.78 is 19.8. The molecule has 1 aliphatic carbocycles. The minimum absolute atomic E-state index is 0.202. The molecular formula is C18H38O3Si. The summed E-state index contributed by atoms with van der Waals surface area (Å²) in [6, 6.07) is 0. The van der Waals surface area contributed by atoms with Gasteiger partial charge in [-0.3, -0.25) is 0 Å². The number of rotatable bonds is 3. The molecule has 1 rings (SSSR count). The summed E-state index contributed by atoms with van der Waals surface area (Å²) in [6.07, 6.45) is 4.23. The smallest absolute Gasteiger partial charge is 0.194 e. The van der Waals surface area contributed by atoms with Crippen LogP contribution in [0.25, 0.3) is 0 Å². The molecule has 1 aliphatic rings. The third-order valence-electron chi connectivity index (χ3n) is 3.69. The summed E-state index contributed by atoms with van der Waals surface area (Å²) in [6.45, 7) is 19.0. The fourth-order valence-corrected chi connectivity index (χ4v) is 4.83. The summed E-state index contributed by atoms with van der Waals surface area (Å²) in [4.78, 5) is 0. The molecule has 0 aromatic carbocycles. The van der Waals surface area contributed by atoms with E-state index in [0.29, 0.717) is 0 Å². The standard InChI is InChI=1S/C18H38O3Si/c1-14(2,3)19-17(20-15(4,5)6)12-10-11-13-18(17,22)21-16(7,8)9/h10-13H2,1-9,22H3. The molecule has 1 unspecified atom stereocenters. The molecule has 3 nitrogen and oxygen atoms in total. The molecule has 0 aromatic rings. The van der Waals surface area contributed by atoms with E-state index in [2.05, 4.69) is 62.3 Å². The average Bonchev–Trinajstić information content (AvgIpc) is 2.15. The van der Waals surface area contributed by atoms with Crippen LogP contribution < -0.4 is 0 Å². The Morgan fingerprint density at radius 2 is 1.00 bits per heavy atom. The van der Waals surface area contributed by atoms with Gasteiger partial charge in [-0.2, -0.15) is 0 Å². The molecule has 0 aliphatic heterocycles. The highest BCUT2D eigenvalue weighted by atomic mass is 28.1. The Morgan fingerprint density at radius 3 is 1.36 bits per heavy atom. The lowest BCUT2D eigenvalue weighted by molar-refractivity contribution is -0.381. The van der Waals surface area contributed by atoms with Gasteiger partial charge in [0.05, 0.1) is 27.0 Å². The SMILES string of the molecule is CC(C)(C)OC1([SiH3])CCCCC1(OC(C)(C)C)OC(C)(C)C. The average molecular weight is 331 g/mol. The van der Waals surface area contributed by atoms with Crippen LogP contribution in [-0.4, -0.2) is 38.1 Å². The fourth-order valence-electron chi connectivity index (χ4n) is 3.41. The minimum atomic E-state index is -0.652. The van der Waals surface area contributed by atoms with Crippen LogP contribution in [0.1, 0.15) is 88.0 Å². The zero-order valence-corrected chi connectivity index (χ0v) is 18.6.